The van der Waals surface area contributed by atoms with Gasteiger partial charge in [-0.3, -0.25) is 9.36 Å². The van der Waals surface area contributed by atoms with Crippen LogP contribution in [0.5, 0.6) is 0 Å². The predicted molar refractivity (Wildman–Crippen MR) is 123 cm³/mol. The van der Waals surface area contributed by atoms with Gasteiger partial charge in [0, 0.05) is 17.2 Å². The van der Waals surface area contributed by atoms with Crippen molar-refractivity contribution in [3.05, 3.63) is 101 Å². The number of rotatable bonds is 4. The summed E-state index contributed by atoms with van der Waals surface area (Å²) in [6.07, 6.45) is -3.26. The Hall–Kier alpha value is -4.18. The smallest absolute Gasteiger partial charge is 0.318 e. The first kappa shape index (κ1) is 22.6. The van der Waals surface area contributed by atoms with Gasteiger partial charge in [-0.25, -0.2) is 14.1 Å². The molecule has 3 aromatic carbocycles. The number of fused-ring (bicyclic) bond motifs is 1. The average Bonchev–Trinajstić information content (AvgIpc) is 3.45. The Kier molecular flexibility index (Phi) is 5.52. The topological polar surface area (TPSA) is 64.7 Å². The van der Waals surface area contributed by atoms with Gasteiger partial charge in [-0.1, -0.05) is 29.8 Å². The summed E-state index contributed by atoms with van der Waals surface area (Å²) >= 11 is 5.98. The molecule has 2 heterocycles. The molecule has 176 valence electrons. The zero-order valence-electron chi connectivity index (χ0n) is 17.6. The summed E-state index contributed by atoms with van der Waals surface area (Å²) in [7, 11) is 0. The van der Waals surface area contributed by atoms with Gasteiger partial charge in [0.15, 0.2) is 5.69 Å². The molecule has 35 heavy (non-hydrogen) atoms. The number of nitrogens with zero attached hydrogens (tertiary/aromatic N) is 4. The molecule has 0 aliphatic carbocycles. The van der Waals surface area contributed by atoms with E-state index < -0.39 is 29.3 Å². The Bertz CT molecular complexity index is 1560. The zero-order chi connectivity index (χ0) is 24.7. The molecule has 0 unspecified atom stereocenters. The van der Waals surface area contributed by atoms with Gasteiger partial charge in [0.1, 0.15) is 17.8 Å². The van der Waals surface area contributed by atoms with Gasteiger partial charge in [-0.15, -0.1) is 0 Å². The number of anilines is 1. The largest absolute Gasteiger partial charge is 0.435 e. The lowest BCUT2D eigenvalue weighted by Gasteiger charge is -2.11. The second kappa shape index (κ2) is 8.55. The van der Waals surface area contributed by atoms with Gasteiger partial charge in [-0.2, -0.15) is 18.3 Å². The standard InChI is InChI=1S/C24H14ClF4N5O/c25-14-6-9-20-19(10-14)30-13-33(20)16-7-8-18(17(26)11-16)31-23(35)21-12-22(24(27,28)29)32-34(21)15-4-2-1-3-5-15/h1-13H,(H,31,35). The first-order valence-electron chi connectivity index (χ1n) is 10.2. The lowest BCUT2D eigenvalue weighted by atomic mass is 10.2. The zero-order valence-corrected chi connectivity index (χ0v) is 18.3. The van der Waals surface area contributed by atoms with E-state index in [1.165, 1.54) is 30.6 Å². The van der Waals surface area contributed by atoms with E-state index in [9.17, 15) is 22.4 Å². The van der Waals surface area contributed by atoms with Crippen LogP contribution < -0.4 is 5.32 Å². The van der Waals surface area contributed by atoms with E-state index in [2.05, 4.69) is 15.4 Å². The van der Waals surface area contributed by atoms with E-state index in [1.54, 1.807) is 47.0 Å². The molecular formula is C24H14ClF4N5O. The van der Waals surface area contributed by atoms with E-state index in [1.807, 2.05) is 0 Å². The molecule has 5 aromatic rings. The van der Waals surface area contributed by atoms with Crippen molar-refractivity contribution in [3.8, 4) is 11.4 Å². The highest BCUT2D eigenvalue weighted by atomic mass is 35.5. The van der Waals surface area contributed by atoms with Crippen molar-refractivity contribution in [2.75, 3.05) is 5.32 Å². The number of carbonyl (C=O) groups excluding carboxylic acids is 1. The van der Waals surface area contributed by atoms with Crippen molar-refractivity contribution in [1.82, 2.24) is 19.3 Å². The van der Waals surface area contributed by atoms with Crippen LogP contribution in [0.25, 0.3) is 22.4 Å². The normalized spacial score (nSPS) is 11.7. The summed E-state index contributed by atoms with van der Waals surface area (Å²) in [6, 6.07) is 17.6. The number of hydrogen-bond donors (Lipinski definition) is 1. The highest BCUT2D eigenvalue weighted by Crippen LogP contribution is 2.30. The maximum atomic E-state index is 14.9. The van der Waals surface area contributed by atoms with Crippen molar-refractivity contribution in [3.63, 3.8) is 0 Å². The number of hydrogen-bond acceptors (Lipinski definition) is 3. The minimum atomic E-state index is -4.76. The minimum Gasteiger partial charge on any atom is -0.318 e. The van der Waals surface area contributed by atoms with E-state index in [-0.39, 0.29) is 11.4 Å². The molecule has 1 amide bonds. The molecule has 5 rings (SSSR count). The molecule has 0 bridgehead atoms. The molecule has 0 saturated heterocycles. The molecule has 11 heteroatoms. The summed E-state index contributed by atoms with van der Waals surface area (Å²) in [5, 5.41) is 6.38. The Morgan fingerprint density at radius 1 is 0.943 bits per heavy atom. The summed E-state index contributed by atoms with van der Waals surface area (Å²) in [4.78, 5) is 17.1. The lowest BCUT2D eigenvalue weighted by molar-refractivity contribution is -0.141. The second-order valence-corrected chi connectivity index (χ2v) is 7.96. The number of carbonyl (C=O) groups is 1. The summed E-state index contributed by atoms with van der Waals surface area (Å²) in [5.41, 5.74) is 0.136. The SMILES string of the molecule is O=C(Nc1ccc(-n2cnc3cc(Cl)ccc32)cc1F)c1cc(C(F)(F)F)nn1-c1ccccc1. The third kappa shape index (κ3) is 4.35. The van der Waals surface area contributed by atoms with E-state index in [4.69, 9.17) is 11.6 Å². The van der Waals surface area contributed by atoms with Crippen LogP contribution in [0.15, 0.2) is 79.1 Å². The van der Waals surface area contributed by atoms with Crippen LogP contribution in [-0.4, -0.2) is 25.2 Å². The number of para-hydroxylation sites is 1. The molecule has 0 saturated carbocycles. The fourth-order valence-corrected chi connectivity index (χ4v) is 3.75. The Morgan fingerprint density at radius 3 is 2.43 bits per heavy atom. The number of benzene rings is 3. The van der Waals surface area contributed by atoms with Crippen LogP contribution in [-0.2, 0) is 6.18 Å². The van der Waals surface area contributed by atoms with E-state index >= 15 is 0 Å². The summed E-state index contributed by atoms with van der Waals surface area (Å²) in [5.74, 6) is -1.74. The summed E-state index contributed by atoms with van der Waals surface area (Å²) in [6.45, 7) is 0. The van der Waals surface area contributed by atoms with Crippen LogP contribution in [0.2, 0.25) is 5.02 Å². The number of halogens is 5. The van der Waals surface area contributed by atoms with Crippen LogP contribution >= 0.6 is 11.6 Å². The molecule has 0 aliphatic heterocycles. The van der Waals surface area contributed by atoms with E-state index in [0.717, 1.165) is 4.68 Å². The van der Waals surface area contributed by atoms with Crippen molar-refractivity contribution in [2.24, 2.45) is 0 Å². The molecule has 0 fully saturated rings. The third-order valence-electron chi connectivity index (χ3n) is 5.22. The molecular weight excluding hydrogens is 486 g/mol. The maximum absolute atomic E-state index is 14.9. The molecule has 0 aliphatic rings. The van der Waals surface area contributed by atoms with Gasteiger partial charge >= 0.3 is 6.18 Å². The first-order valence-corrected chi connectivity index (χ1v) is 10.5. The Balaban J connectivity index is 1.47. The van der Waals surface area contributed by atoms with Gasteiger partial charge in [0.2, 0.25) is 0 Å². The fourth-order valence-electron chi connectivity index (χ4n) is 3.58. The number of amides is 1. The minimum absolute atomic E-state index is 0.208. The van der Waals surface area contributed by atoms with Gasteiger partial charge < -0.3 is 5.32 Å². The third-order valence-corrected chi connectivity index (χ3v) is 5.46. The molecule has 0 radical (unpaired) electrons. The highest BCUT2D eigenvalue weighted by Gasteiger charge is 2.36. The van der Waals surface area contributed by atoms with Crippen LogP contribution in [0.3, 0.4) is 0 Å². The monoisotopic (exact) mass is 499 g/mol. The summed E-state index contributed by atoms with van der Waals surface area (Å²) < 4.78 is 57.3. The quantitative estimate of drug-likeness (QED) is 0.296. The number of nitrogens with one attached hydrogen (secondary N) is 1. The van der Waals surface area contributed by atoms with Crippen molar-refractivity contribution in [1.29, 1.82) is 0 Å². The van der Waals surface area contributed by atoms with Crippen molar-refractivity contribution in [2.45, 2.75) is 6.18 Å². The number of imidazole rings is 1. The Morgan fingerprint density at radius 2 is 1.71 bits per heavy atom. The van der Waals surface area contributed by atoms with Crippen LogP contribution in [0.1, 0.15) is 16.2 Å². The number of aromatic nitrogens is 4. The van der Waals surface area contributed by atoms with Gasteiger partial charge in [0.05, 0.1) is 28.1 Å². The maximum Gasteiger partial charge on any atom is 0.435 e. The fraction of sp³-hybridized carbons (Fsp3) is 0.0417. The van der Waals surface area contributed by atoms with Crippen LogP contribution in [0.4, 0.5) is 23.2 Å². The highest BCUT2D eigenvalue weighted by molar-refractivity contribution is 6.31. The molecule has 1 N–H and O–H groups in total. The molecule has 2 aromatic heterocycles. The van der Waals surface area contributed by atoms with Crippen molar-refractivity contribution < 1.29 is 22.4 Å². The predicted octanol–water partition coefficient (Wildman–Crippen LogP) is 6.27. The van der Waals surface area contributed by atoms with Gasteiger partial charge in [-0.05, 0) is 42.5 Å². The van der Waals surface area contributed by atoms with Crippen LogP contribution in [0, 0.1) is 5.82 Å². The molecule has 0 atom stereocenters. The molecule has 0 spiro atoms. The average molecular weight is 500 g/mol. The Labute approximate surface area is 200 Å². The number of alkyl halides is 3. The van der Waals surface area contributed by atoms with Crippen molar-refractivity contribution >= 4 is 34.2 Å². The molecule has 6 nitrogen and oxygen atoms in total. The van der Waals surface area contributed by atoms with E-state index in [0.29, 0.717) is 27.8 Å². The second-order valence-electron chi connectivity index (χ2n) is 7.53. The lowest BCUT2D eigenvalue weighted by Crippen LogP contribution is -2.17. The first-order chi connectivity index (χ1) is 16.7. The van der Waals surface area contributed by atoms with Gasteiger partial charge in [0.25, 0.3) is 5.91 Å².